The third-order valence-electron chi connectivity index (χ3n) is 3.73. The van der Waals surface area contributed by atoms with Crippen LogP contribution in [0.4, 0.5) is 9.18 Å². The zero-order valence-corrected chi connectivity index (χ0v) is 14.4. The Bertz CT molecular complexity index is 735. The second-order valence-corrected chi connectivity index (χ2v) is 5.79. The largest absolute Gasteiger partial charge is 0.350 e. The lowest BCUT2D eigenvalue weighted by molar-refractivity contribution is 0.0953. The van der Waals surface area contributed by atoms with Crippen LogP contribution in [0.2, 0.25) is 0 Å². The Balaban J connectivity index is 1.72. The van der Waals surface area contributed by atoms with Crippen LogP contribution < -0.4 is 10.6 Å². The van der Waals surface area contributed by atoms with Crippen LogP contribution in [0, 0.1) is 12.7 Å². The van der Waals surface area contributed by atoms with Crippen molar-refractivity contribution in [2.75, 3.05) is 20.1 Å². The predicted molar refractivity (Wildman–Crippen MR) is 94.8 cm³/mol. The summed E-state index contributed by atoms with van der Waals surface area (Å²) in [6.45, 7) is 2.69. The van der Waals surface area contributed by atoms with Crippen molar-refractivity contribution in [3.8, 4) is 0 Å². The van der Waals surface area contributed by atoms with Gasteiger partial charge in [0.2, 0.25) is 0 Å². The second-order valence-electron chi connectivity index (χ2n) is 5.79. The summed E-state index contributed by atoms with van der Waals surface area (Å²) in [5.74, 6) is -0.783. The standard InChI is InChI=1S/C19H22FN3O2/c1-14-8-9-16(12-17(14)20)18(24)21-10-11-22-19(25)23(2)13-15-6-4-3-5-7-15/h3-9,12H,10-11,13H2,1-2H3,(H,21,24)(H,22,25). The second kappa shape index (κ2) is 8.82. The van der Waals surface area contributed by atoms with Crippen molar-refractivity contribution >= 4 is 11.9 Å². The highest BCUT2D eigenvalue weighted by Crippen LogP contribution is 2.08. The summed E-state index contributed by atoms with van der Waals surface area (Å²) in [5, 5.41) is 5.38. The molecule has 0 spiro atoms. The molecule has 0 unspecified atom stereocenters. The molecule has 0 fully saturated rings. The van der Waals surface area contributed by atoms with Gasteiger partial charge in [-0.15, -0.1) is 0 Å². The van der Waals surface area contributed by atoms with E-state index in [9.17, 15) is 14.0 Å². The van der Waals surface area contributed by atoms with Gasteiger partial charge in [0.05, 0.1) is 0 Å². The van der Waals surface area contributed by atoms with Gasteiger partial charge in [0.1, 0.15) is 5.82 Å². The minimum atomic E-state index is -0.413. The van der Waals surface area contributed by atoms with Gasteiger partial charge < -0.3 is 15.5 Å². The van der Waals surface area contributed by atoms with Gasteiger partial charge in [-0.2, -0.15) is 0 Å². The van der Waals surface area contributed by atoms with Gasteiger partial charge in [0.25, 0.3) is 5.91 Å². The highest BCUT2D eigenvalue weighted by molar-refractivity contribution is 5.94. The molecular formula is C19H22FN3O2. The van der Waals surface area contributed by atoms with Gasteiger partial charge >= 0.3 is 6.03 Å². The SMILES string of the molecule is Cc1ccc(C(=O)NCCNC(=O)N(C)Cc2ccccc2)cc1F. The molecule has 0 bridgehead atoms. The molecule has 2 aromatic carbocycles. The zero-order valence-electron chi connectivity index (χ0n) is 14.4. The van der Waals surface area contributed by atoms with Crippen molar-refractivity contribution in [2.45, 2.75) is 13.5 Å². The molecule has 0 radical (unpaired) electrons. The summed E-state index contributed by atoms with van der Waals surface area (Å²) in [4.78, 5) is 25.5. The normalized spacial score (nSPS) is 10.2. The summed E-state index contributed by atoms with van der Waals surface area (Å²) in [6.07, 6.45) is 0. The van der Waals surface area contributed by atoms with E-state index < -0.39 is 5.82 Å². The first-order chi connectivity index (χ1) is 12.0. The highest BCUT2D eigenvalue weighted by atomic mass is 19.1. The average molecular weight is 343 g/mol. The lowest BCUT2D eigenvalue weighted by Gasteiger charge is -2.18. The number of hydrogen-bond donors (Lipinski definition) is 2. The average Bonchev–Trinajstić information content (AvgIpc) is 2.61. The minimum absolute atomic E-state index is 0.223. The molecule has 132 valence electrons. The topological polar surface area (TPSA) is 61.4 Å². The number of halogens is 1. The molecule has 25 heavy (non-hydrogen) atoms. The molecule has 5 nitrogen and oxygen atoms in total. The molecule has 2 N–H and O–H groups in total. The minimum Gasteiger partial charge on any atom is -0.350 e. The Kier molecular flexibility index (Phi) is 6.51. The maximum Gasteiger partial charge on any atom is 0.317 e. The Morgan fingerprint density at radius 1 is 1.04 bits per heavy atom. The number of amides is 3. The van der Waals surface area contributed by atoms with Crippen LogP contribution >= 0.6 is 0 Å². The Morgan fingerprint density at radius 3 is 2.40 bits per heavy atom. The molecule has 3 amide bonds. The predicted octanol–water partition coefficient (Wildman–Crippen LogP) is 2.71. The van der Waals surface area contributed by atoms with E-state index in [-0.39, 0.29) is 30.6 Å². The van der Waals surface area contributed by atoms with Crippen LogP contribution in [0.25, 0.3) is 0 Å². The van der Waals surface area contributed by atoms with Gasteiger partial charge in [0, 0.05) is 32.2 Å². The number of nitrogens with one attached hydrogen (secondary N) is 2. The quantitative estimate of drug-likeness (QED) is 0.792. The highest BCUT2D eigenvalue weighted by Gasteiger charge is 2.10. The van der Waals surface area contributed by atoms with E-state index >= 15 is 0 Å². The van der Waals surface area contributed by atoms with E-state index in [2.05, 4.69) is 10.6 Å². The van der Waals surface area contributed by atoms with Gasteiger partial charge in [-0.05, 0) is 30.2 Å². The van der Waals surface area contributed by atoms with Crippen molar-refractivity contribution in [3.05, 3.63) is 71.0 Å². The molecule has 0 saturated heterocycles. The van der Waals surface area contributed by atoms with Crippen LogP contribution in [0.3, 0.4) is 0 Å². The zero-order chi connectivity index (χ0) is 18.2. The fraction of sp³-hybridized carbons (Fsp3) is 0.263. The van der Waals surface area contributed by atoms with Gasteiger partial charge in [-0.3, -0.25) is 4.79 Å². The summed E-state index contributed by atoms with van der Waals surface area (Å²) >= 11 is 0. The molecule has 2 rings (SSSR count). The molecular weight excluding hydrogens is 321 g/mol. The first-order valence-electron chi connectivity index (χ1n) is 8.04. The smallest absolute Gasteiger partial charge is 0.317 e. The van der Waals surface area contributed by atoms with Gasteiger partial charge in [-0.25, -0.2) is 9.18 Å². The van der Waals surface area contributed by atoms with Crippen LogP contribution in [0.15, 0.2) is 48.5 Å². The monoisotopic (exact) mass is 343 g/mol. The Morgan fingerprint density at radius 2 is 1.72 bits per heavy atom. The summed E-state index contributed by atoms with van der Waals surface area (Å²) in [6, 6.07) is 13.8. The maximum absolute atomic E-state index is 13.5. The van der Waals surface area contributed by atoms with Crippen molar-refractivity contribution in [2.24, 2.45) is 0 Å². The number of benzene rings is 2. The first-order valence-corrected chi connectivity index (χ1v) is 8.04. The number of aryl methyl sites for hydroxylation is 1. The van der Waals surface area contributed by atoms with E-state index in [1.54, 1.807) is 31.0 Å². The summed E-state index contributed by atoms with van der Waals surface area (Å²) in [5.41, 5.74) is 1.79. The van der Waals surface area contributed by atoms with Gasteiger partial charge in [-0.1, -0.05) is 36.4 Å². The summed E-state index contributed by atoms with van der Waals surface area (Å²) in [7, 11) is 1.70. The van der Waals surface area contributed by atoms with Gasteiger partial charge in [0.15, 0.2) is 0 Å². The number of carbonyl (C=O) groups excluding carboxylic acids is 2. The van der Waals surface area contributed by atoms with Crippen LogP contribution in [-0.4, -0.2) is 37.0 Å². The molecule has 0 aliphatic rings. The Hall–Kier alpha value is -2.89. The number of rotatable bonds is 6. The van der Waals surface area contributed by atoms with E-state index in [0.717, 1.165) is 5.56 Å². The lowest BCUT2D eigenvalue weighted by Crippen LogP contribution is -2.41. The van der Waals surface area contributed by atoms with Crippen LogP contribution in [-0.2, 0) is 6.54 Å². The van der Waals surface area contributed by atoms with Crippen molar-refractivity contribution in [1.82, 2.24) is 15.5 Å². The number of hydrogen-bond acceptors (Lipinski definition) is 2. The van der Waals surface area contributed by atoms with Crippen LogP contribution in [0.5, 0.6) is 0 Å². The molecule has 0 aliphatic carbocycles. The van der Waals surface area contributed by atoms with E-state index in [0.29, 0.717) is 12.1 Å². The molecule has 0 saturated carbocycles. The fourth-order valence-corrected chi connectivity index (χ4v) is 2.25. The van der Waals surface area contributed by atoms with Crippen molar-refractivity contribution in [3.63, 3.8) is 0 Å². The third kappa shape index (κ3) is 5.60. The van der Waals surface area contributed by atoms with E-state index in [1.165, 1.54) is 6.07 Å². The number of carbonyl (C=O) groups is 2. The molecule has 0 aliphatic heterocycles. The number of nitrogens with zero attached hydrogens (tertiary/aromatic N) is 1. The fourth-order valence-electron chi connectivity index (χ4n) is 2.25. The Labute approximate surface area is 146 Å². The first kappa shape index (κ1) is 18.4. The molecule has 0 heterocycles. The molecule has 6 heteroatoms. The van der Waals surface area contributed by atoms with Crippen molar-refractivity contribution < 1.29 is 14.0 Å². The van der Waals surface area contributed by atoms with Crippen LogP contribution in [0.1, 0.15) is 21.5 Å². The lowest BCUT2D eigenvalue weighted by atomic mass is 10.1. The number of urea groups is 1. The van der Waals surface area contributed by atoms with E-state index in [4.69, 9.17) is 0 Å². The molecule has 2 aromatic rings. The molecule has 0 atom stereocenters. The third-order valence-corrected chi connectivity index (χ3v) is 3.73. The summed E-state index contributed by atoms with van der Waals surface area (Å²) < 4.78 is 13.5. The molecule has 0 aromatic heterocycles. The maximum atomic E-state index is 13.5. The van der Waals surface area contributed by atoms with Crippen molar-refractivity contribution in [1.29, 1.82) is 0 Å². The van der Waals surface area contributed by atoms with E-state index in [1.807, 2.05) is 30.3 Å².